The molecule has 0 bridgehead atoms. The molecular formula is C15H10ClF2N5. The number of nitrogens with one attached hydrogen (secondary N) is 2. The molecule has 0 aliphatic rings. The summed E-state index contributed by atoms with van der Waals surface area (Å²) in [5.41, 5.74) is 1.18. The third-order valence-corrected chi connectivity index (χ3v) is 3.14. The van der Waals surface area contributed by atoms with Gasteiger partial charge in [-0.1, -0.05) is 11.6 Å². The van der Waals surface area contributed by atoms with E-state index in [0.29, 0.717) is 17.2 Å². The van der Waals surface area contributed by atoms with Crippen LogP contribution in [-0.2, 0) is 0 Å². The molecule has 2 aromatic carbocycles. The molecule has 0 saturated heterocycles. The average molecular weight is 334 g/mol. The zero-order valence-electron chi connectivity index (χ0n) is 11.6. The van der Waals surface area contributed by atoms with E-state index in [1.165, 1.54) is 36.5 Å². The number of aromatic nitrogens is 3. The first kappa shape index (κ1) is 15.1. The SMILES string of the molecule is Fc1ccc(Nc2cnnc(Nc3ccc(F)c(Cl)c3)n2)cc1. The van der Waals surface area contributed by atoms with Crippen LogP contribution < -0.4 is 10.6 Å². The predicted molar refractivity (Wildman–Crippen MR) is 84.2 cm³/mol. The second-order valence-corrected chi connectivity index (χ2v) is 4.96. The minimum Gasteiger partial charge on any atom is -0.339 e. The molecule has 0 amide bonds. The lowest BCUT2D eigenvalue weighted by molar-refractivity contribution is 0.628. The first-order valence-corrected chi connectivity index (χ1v) is 6.92. The molecule has 0 spiro atoms. The van der Waals surface area contributed by atoms with E-state index < -0.39 is 5.82 Å². The number of rotatable bonds is 4. The van der Waals surface area contributed by atoms with Crippen molar-refractivity contribution in [3.05, 3.63) is 65.3 Å². The van der Waals surface area contributed by atoms with Gasteiger partial charge in [0.25, 0.3) is 0 Å². The molecule has 0 saturated carbocycles. The zero-order valence-corrected chi connectivity index (χ0v) is 12.4. The molecule has 2 N–H and O–H groups in total. The Labute approximate surface area is 135 Å². The molecule has 5 nitrogen and oxygen atoms in total. The maximum Gasteiger partial charge on any atom is 0.249 e. The van der Waals surface area contributed by atoms with E-state index in [2.05, 4.69) is 25.8 Å². The van der Waals surface area contributed by atoms with Gasteiger partial charge in [0, 0.05) is 11.4 Å². The highest BCUT2D eigenvalue weighted by Gasteiger charge is 2.05. The van der Waals surface area contributed by atoms with Gasteiger partial charge in [0.15, 0.2) is 5.82 Å². The fourth-order valence-electron chi connectivity index (χ4n) is 1.80. The second kappa shape index (κ2) is 6.53. The summed E-state index contributed by atoms with van der Waals surface area (Å²) in [5.74, 6) is -0.211. The van der Waals surface area contributed by atoms with Crippen molar-refractivity contribution in [2.24, 2.45) is 0 Å². The van der Waals surface area contributed by atoms with Crippen molar-refractivity contribution in [1.29, 1.82) is 0 Å². The van der Waals surface area contributed by atoms with Crippen molar-refractivity contribution in [1.82, 2.24) is 15.2 Å². The summed E-state index contributed by atoms with van der Waals surface area (Å²) >= 11 is 5.72. The van der Waals surface area contributed by atoms with Crippen LogP contribution in [0.4, 0.5) is 31.9 Å². The summed E-state index contributed by atoms with van der Waals surface area (Å²) in [7, 11) is 0. The predicted octanol–water partition coefficient (Wildman–Crippen LogP) is 4.29. The van der Waals surface area contributed by atoms with E-state index >= 15 is 0 Å². The number of halogens is 3. The fourth-order valence-corrected chi connectivity index (χ4v) is 1.98. The van der Waals surface area contributed by atoms with Crippen LogP contribution in [0.1, 0.15) is 0 Å². The Balaban J connectivity index is 1.76. The molecule has 0 atom stereocenters. The Hall–Kier alpha value is -2.80. The summed E-state index contributed by atoms with van der Waals surface area (Å²) in [5, 5.41) is 13.5. The molecule has 0 aliphatic carbocycles. The standard InChI is InChI=1S/C15H10ClF2N5/c16-12-7-11(5-6-13(12)18)21-15-22-14(8-19-23-15)20-10-3-1-9(17)2-4-10/h1-8H,(H2,20,21,22,23). The molecule has 0 unspecified atom stereocenters. The Morgan fingerprint density at radius 1 is 0.913 bits per heavy atom. The van der Waals surface area contributed by atoms with Gasteiger partial charge in [-0.15, -0.1) is 5.10 Å². The molecule has 3 aromatic rings. The average Bonchev–Trinajstić information content (AvgIpc) is 2.54. The lowest BCUT2D eigenvalue weighted by atomic mass is 10.3. The van der Waals surface area contributed by atoms with Crippen LogP contribution in [0.5, 0.6) is 0 Å². The molecule has 3 rings (SSSR count). The smallest absolute Gasteiger partial charge is 0.249 e. The van der Waals surface area contributed by atoms with Crippen LogP contribution in [0, 0.1) is 11.6 Å². The van der Waals surface area contributed by atoms with Gasteiger partial charge in [-0.05, 0) is 42.5 Å². The molecule has 0 fully saturated rings. The molecule has 116 valence electrons. The van der Waals surface area contributed by atoms with Gasteiger partial charge in [0.2, 0.25) is 5.95 Å². The Morgan fingerprint density at radius 2 is 1.65 bits per heavy atom. The highest BCUT2D eigenvalue weighted by atomic mass is 35.5. The van der Waals surface area contributed by atoms with Gasteiger partial charge in [0.05, 0.1) is 11.2 Å². The Bertz CT molecular complexity index is 826. The van der Waals surface area contributed by atoms with Gasteiger partial charge in [-0.2, -0.15) is 10.1 Å². The zero-order chi connectivity index (χ0) is 16.2. The van der Waals surface area contributed by atoms with E-state index in [1.807, 2.05) is 0 Å². The summed E-state index contributed by atoms with van der Waals surface area (Å²) in [6.45, 7) is 0. The largest absolute Gasteiger partial charge is 0.339 e. The molecule has 23 heavy (non-hydrogen) atoms. The van der Waals surface area contributed by atoms with E-state index in [-0.39, 0.29) is 16.8 Å². The Morgan fingerprint density at radius 3 is 2.39 bits per heavy atom. The van der Waals surface area contributed by atoms with Crippen LogP contribution in [0.2, 0.25) is 5.02 Å². The fraction of sp³-hybridized carbons (Fsp3) is 0. The van der Waals surface area contributed by atoms with E-state index in [9.17, 15) is 8.78 Å². The van der Waals surface area contributed by atoms with Gasteiger partial charge in [-0.3, -0.25) is 0 Å². The monoisotopic (exact) mass is 333 g/mol. The van der Waals surface area contributed by atoms with E-state index in [0.717, 1.165) is 0 Å². The number of nitrogens with zero attached hydrogens (tertiary/aromatic N) is 3. The third-order valence-electron chi connectivity index (χ3n) is 2.85. The quantitative estimate of drug-likeness (QED) is 0.745. The van der Waals surface area contributed by atoms with Crippen LogP contribution in [0.25, 0.3) is 0 Å². The van der Waals surface area contributed by atoms with Crippen molar-refractivity contribution in [2.45, 2.75) is 0 Å². The number of benzene rings is 2. The topological polar surface area (TPSA) is 62.7 Å². The number of hydrogen-bond acceptors (Lipinski definition) is 5. The molecule has 0 aliphatic heterocycles. The Kier molecular flexibility index (Phi) is 4.29. The minimum atomic E-state index is -0.511. The second-order valence-electron chi connectivity index (χ2n) is 4.55. The van der Waals surface area contributed by atoms with Gasteiger partial charge >= 0.3 is 0 Å². The summed E-state index contributed by atoms with van der Waals surface area (Å²) in [6, 6.07) is 9.96. The number of anilines is 4. The van der Waals surface area contributed by atoms with Crippen LogP contribution in [0.3, 0.4) is 0 Å². The lowest BCUT2D eigenvalue weighted by Crippen LogP contribution is -2.02. The number of hydrogen-bond donors (Lipinski definition) is 2. The minimum absolute atomic E-state index is 0.0106. The van der Waals surface area contributed by atoms with Crippen molar-refractivity contribution in [3.8, 4) is 0 Å². The molecule has 1 heterocycles. The van der Waals surface area contributed by atoms with Crippen LogP contribution >= 0.6 is 11.6 Å². The van der Waals surface area contributed by atoms with Gasteiger partial charge in [-0.25, -0.2) is 8.78 Å². The van der Waals surface area contributed by atoms with Crippen molar-refractivity contribution in [3.63, 3.8) is 0 Å². The van der Waals surface area contributed by atoms with Crippen molar-refractivity contribution < 1.29 is 8.78 Å². The van der Waals surface area contributed by atoms with Gasteiger partial charge < -0.3 is 10.6 Å². The van der Waals surface area contributed by atoms with E-state index in [1.54, 1.807) is 12.1 Å². The highest BCUT2D eigenvalue weighted by Crippen LogP contribution is 2.22. The highest BCUT2D eigenvalue weighted by molar-refractivity contribution is 6.31. The summed E-state index contributed by atoms with van der Waals surface area (Å²) < 4.78 is 26.0. The van der Waals surface area contributed by atoms with Crippen LogP contribution in [0.15, 0.2) is 48.7 Å². The lowest BCUT2D eigenvalue weighted by Gasteiger charge is -2.08. The van der Waals surface area contributed by atoms with E-state index in [4.69, 9.17) is 11.6 Å². The maximum absolute atomic E-state index is 13.1. The normalized spacial score (nSPS) is 10.4. The summed E-state index contributed by atoms with van der Waals surface area (Å²) in [6.07, 6.45) is 1.42. The molecule has 1 aromatic heterocycles. The maximum atomic E-state index is 13.1. The van der Waals surface area contributed by atoms with Crippen molar-refractivity contribution in [2.75, 3.05) is 10.6 Å². The molecular weight excluding hydrogens is 324 g/mol. The first-order chi connectivity index (χ1) is 11.1. The van der Waals surface area contributed by atoms with Gasteiger partial charge in [0.1, 0.15) is 11.6 Å². The van der Waals surface area contributed by atoms with Crippen LogP contribution in [-0.4, -0.2) is 15.2 Å². The molecule has 0 radical (unpaired) electrons. The summed E-state index contributed by atoms with van der Waals surface area (Å²) in [4.78, 5) is 4.21. The first-order valence-electron chi connectivity index (χ1n) is 6.54. The van der Waals surface area contributed by atoms with Crippen molar-refractivity contribution >= 4 is 34.7 Å². The third kappa shape index (κ3) is 3.89. The molecule has 8 heteroatoms.